The zero-order valence-electron chi connectivity index (χ0n) is 7.47. The Hall–Kier alpha value is -0.860. The molecule has 0 aromatic rings. The minimum atomic E-state index is -3.39. The first-order valence-corrected chi connectivity index (χ1v) is 5.63. The Balaban J connectivity index is 2.82. The fourth-order valence-electron chi connectivity index (χ4n) is 1.14. The summed E-state index contributed by atoms with van der Waals surface area (Å²) in [7, 11) is -3.39. The molecule has 0 fully saturated rings. The predicted octanol–water partition coefficient (Wildman–Crippen LogP) is 0.490. The summed E-state index contributed by atoms with van der Waals surface area (Å²) in [5, 5.41) is 7.58. The van der Waals surface area contributed by atoms with Gasteiger partial charge in [-0.25, -0.2) is 8.42 Å². The molecule has 0 N–H and O–H groups in total. The molecule has 0 amide bonds. The summed E-state index contributed by atoms with van der Waals surface area (Å²) in [6.07, 6.45) is 4.49. The van der Waals surface area contributed by atoms with Crippen molar-refractivity contribution in [2.45, 2.75) is 18.6 Å². The zero-order chi connectivity index (χ0) is 9.90. The maximum atomic E-state index is 11.6. The van der Waals surface area contributed by atoms with Crippen LogP contribution in [0.5, 0.6) is 0 Å². The van der Waals surface area contributed by atoms with Gasteiger partial charge in [0.05, 0.1) is 6.07 Å². The fraction of sp³-hybridized carbons (Fsp3) is 0.625. The fourth-order valence-corrected chi connectivity index (χ4v) is 2.38. The first-order chi connectivity index (χ1) is 6.09. The van der Waals surface area contributed by atoms with Crippen LogP contribution >= 0.6 is 0 Å². The Kier molecular flexibility index (Phi) is 3.07. The monoisotopic (exact) mass is 200 g/mol. The molecule has 1 aliphatic heterocycles. The molecule has 1 unspecified atom stereocenters. The van der Waals surface area contributed by atoms with Crippen LogP contribution in [-0.4, -0.2) is 31.1 Å². The van der Waals surface area contributed by atoms with Crippen molar-refractivity contribution >= 4 is 10.0 Å². The van der Waals surface area contributed by atoms with Gasteiger partial charge in [-0.3, -0.25) is 0 Å². The average Bonchev–Trinajstić information content (AvgIpc) is 2.18. The molecule has 1 atom stereocenters. The molecule has 72 valence electrons. The van der Waals surface area contributed by atoms with Crippen molar-refractivity contribution in [3.05, 3.63) is 12.2 Å². The van der Waals surface area contributed by atoms with Crippen LogP contribution in [0.25, 0.3) is 0 Å². The van der Waals surface area contributed by atoms with E-state index in [9.17, 15) is 8.42 Å². The lowest BCUT2D eigenvalue weighted by Crippen LogP contribution is -2.38. The Morgan fingerprint density at radius 2 is 2.23 bits per heavy atom. The molecule has 4 nitrogen and oxygen atoms in total. The Labute approximate surface area is 78.5 Å². The highest BCUT2D eigenvalue weighted by Gasteiger charge is 2.28. The van der Waals surface area contributed by atoms with Crippen LogP contribution in [0.4, 0.5) is 0 Å². The topological polar surface area (TPSA) is 61.2 Å². The van der Waals surface area contributed by atoms with Gasteiger partial charge in [-0.1, -0.05) is 12.2 Å². The maximum absolute atomic E-state index is 11.6. The van der Waals surface area contributed by atoms with Gasteiger partial charge in [-0.15, -0.1) is 0 Å². The summed E-state index contributed by atoms with van der Waals surface area (Å²) in [4.78, 5) is 0. The van der Waals surface area contributed by atoms with E-state index in [1.165, 1.54) is 11.2 Å². The molecular weight excluding hydrogens is 188 g/mol. The summed E-state index contributed by atoms with van der Waals surface area (Å²) in [6.45, 7) is 2.30. The molecule has 0 aromatic heterocycles. The number of hydrogen-bond donors (Lipinski definition) is 0. The van der Waals surface area contributed by atoms with Gasteiger partial charge < -0.3 is 0 Å². The van der Waals surface area contributed by atoms with Gasteiger partial charge >= 0.3 is 0 Å². The molecule has 1 heterocycles. The van der Waals surface area contributed by atoms with Gasteiger partial charge in [0.25, 0.3) is 0 Å². The molecular formula is C8H12N2O2S. The molecule has 0 saturated carbocycles. The number of sulfonamides is 1. The van der Waals surface area contributed by atoms with E-state index >= 15 is 0 Å². The van der Waals surface area contributed by atoms with Crippen LogP contribution in [0.3, 0.4) is 0 Å². The molecule has 0 aliphatic carbocycles. The van der Waals surface area contributed by atoms with Crippen LogP contribution < -0.4 is 0 Å². The third kappa shape index (κ3) is 2.08. The van der Waals surface area contributed by atoms with Gasteiger partial charge in [0.2, 0.25) is 10.0 Å². The van der Waals surface area contributed by atoms with E-state index in [4.69, 9.17) is 5.26 Å². The van der Waals surface area contributed by atoms with Gasteiger partial charge in [0.1, 0.15) is 0 Å². The van der Waals surface area contributed by atoms with Crippen molar-refractivity contribution in [3.63, 3.8) is 0 Å². The normalized spacial score (nSPS) is 20.9. The lowest BCUT2D eigenvalue weighted by molar-refractivity contribution is 0.434. The molecule has 13 heavy (non-hydrogen) atoms. The van der Waals surface area contributed by atoms with Crippen LogP contribution in [0.2, 0.25) is 0 Å². The molecule has 0 spiro atoms. The predicted molar refractivity (Wildman–Crippen MR) is 49.3 cm³/mol. The minimum absolute atomic E-state index is 0.397. The highest BCUT2D eigenvalue weighted by molar-refractivity contribution is 7.89. The third-order valence-electron chi connectivity index (χ3n) is 2.01. The van der Waals surface area contributed by atoms with E-state index in [0.717, 1.165) is 6.42 Å². The van der Waals surface area contributed by atoms with Crippen LogP contribution in [0, 0.1) is 11.3 Å². The van der Waals surface area contributed by atoms with E-state index < -0.39 is 15.3 Å². The summed E-state index contributed by atoms with van der Waals surface area (Å²) in [5.41, 5.74) is 0. The second-order valence-corrected chi connectivity index (χ2v) is 5.19. The van der Waals surface area contributed by atoms with Crippen LogP contribution in [0.1, 0.15) is 13.3 Å². The number of nitrogens with zero attached hydrogens (tertiary/aromatic N) is 2. The molecule has 5 heteroatoms. The first-order valence-electron chi connectivity index (χ1n) is 4.12. The first kappa shape index (κ1) is 10.2. The Morgan fingerprint density at radius 1 is 1.54 bits per heavy atom. The van der Waals surface area contributed by atoms with Crippen molar-refractivity contribution in [1.29, 1.82) is 5.26 Å². The van der Waals surface area contributed by atoms with E-state index in [-0.39, 0.29) is 0 Å². The quantitative estimate of drug-likeness (QED) is 0.609. The Bertz CT molecular complexity index is 340. The second-order valence-electron chi connectivity index (χ2n) is 2.93. The average molecular weight is 200 g/mol. The van der Waals surface area contributed by atoms with Crippen molar-refractivity contribution in [1.82, 2.24) is 4.31 Å². The summed E-state index contributed by atoms with van der Waals surface area (Å²) in [5.74, 6) is 0. The second kappa shape index (κ2) is 3.90. The van der Waals surface area contributed by atoms with Crippen molar-refractivity contribution in [2.75, 3.05) is 13.1 Å². The lowest BCUT2D eigenvalue weighted by atomic mass is 10.3. The van der Waals surface area contributed by atoms with Crippen molar-refractivity contribution in [2.24, 2.45) is 0 Å². The van der Waals surface area contributed by atoms with Gasteiger partial charge in [0.15, 0.2) is 5.25 Å². The zero-order valence-corrected chi connectivity index (χ0v) is 8.29. The third-order valence-corrected chi connectivity index (χ3v) is 4.06. The van der Waals surface area contributed by atoms with Crippen LogP contribution in [0.15, 0.2) is 12.2 Å². The highest BCUT2D eigenvalue weighted by atomic mass is 32.2. The SMILES string of the molecule is CC(C#N)S(=O)(=O)N1CC=CCC1. The van der Waals surface area contributed by atoms with E-state index in [0.29, 0.717) is 13.1 Å². The largest absolute Gasteiger partial charge is 0.230 e. The highest BCUT2D eigenvalue weighted by Crippen LogP contribution is 2.12. The molecule has 0 radical (unpaired) electrons. The van der Waals surface area contributed by atoms with E-state index in [1.807, 2.05) is 12.2 Å². The van der Waals surface area contributed by atoms with Crippen LogP contribution in [-0.2, 0) is 10.0 Å². The maximum Gasteiger partial charge on any atom is 0.230 e. The lowest BCUT2D eigenvalue weighted by Gasteiger charge is -2.23. The van der Waals surface area contributed by atoms with E-state index in [2.05, 4.69) is 0 Å². The van der Waals surface area contributed by atoms with Crippen molar-refractivity contribution in [3.8, 4) is 6.07 Å². The molecule has 1 rings (SSSR count). The molecule has 0 aromatic carbocycles. The van der Waals surface area contributed by atoms with Gasteiger partial charge in [-0.05, 0) is 13.3 Å². The standard InChI is InChI=1S/C8H12N2O2S/c1-8(7-9)13(11,12)10-5-3-2-4-6-10/h2-3,8H,4-6H2,1H3. The smallest absolute Gasteiger partial charge is 0.211 e. The molecule has 1 aliphatic rings. The van der Waals surface area contributed by atoms with Gasteiger partial charge in [-0.2, -0.15) is 9.57 Å². The minimum Gasteiger partial charge on any atom is -0.211 e. The molecule has 0 saturated heterocycles. The summed E-state index contributed by atoms with van der Waals surface area (Å²) >= 11 is 0. The Morgan fingerprint density at radius 3 is 2.69 bits per heavy atom. The van der Waals surface area contributed by atoms with Crippen molar-refractivity contribution < 1.29 is 8.42 Å². The number of nitriles is 1. The summed E-state index contributed by atoms with van der Waals surface area (Å²) in [6, 6.07) is 1.75. The summed E-state index contributed by atoms with van der Waals surface area (Å²) < 4.78 is 24.5. The van der Waals surface area contributed by atoms with E-state index in [1.54, 1.807) is 6.07 Å². The van der Waals surface area contributed by atoms with Gasteiger partial charge in [0, 0.05) is 13.1 Å². The number of rotatable bonds is 2. The number of hydrogen-bond acceptors (Lipinski definition) is 3. The molecule has 0 bridgehead atoms.